The van der Waals surface area contributed by atoms with Gasteiger partial charge in [0.05, 0.1) is 4.75 Å². The van der Waals surface area contributed by atoms with Gasteiger partial charge in [-0.25, -0.2) is 8.42 Å². The fourth-order valence-electron chi connectivity index (χ4n) is 1.64. The average Bonchev–Trinajstić information content (AvgIpc) is 2.67. The molecule has 0 aliphatic heterocycles. The molecule has 0 amide bonds. The third kappa shape index (κ3) is 2.00. The summed E-state index contributed by atoms with van der Waals surface area (Å²) in [5, 5.41) is 0. The lowest BCUT2D eigenvalue weighted by Gasteiger charge is -2.11. The van der Waals surface area contributed by atoms with Crippen LogP contribution < -0.4 is 0 Å². The largest absolute Gasteiger partial charge is 0.229 e. The van der Waals surface area contributed by atoms with Gasteiger partial charge in [0.1, 0.15) is 0 Å². The van der Waals surface area contributed by atoms with E-state index in [1.54, 1.807) is 0 Å². The van der Waals surface area contributed by atoms with E-state index in [1.165, 1.54) is 12.7 Å². The van der Waals surface area contributed by atoms with Gasteiger partial charge in [0.25, 0.3) is 0 Å². The van der Waals surface area contributed by atoms with Crippen LogP contribution in [0.25, 0.3) is 0 Å². The Morgan fingerprint density at radius 3 is 2.17 bits per heavy atom. The maximum absolute atomic E-state index is 11.3. The van der Waals surface area contributed by atoms with E-state index >= 15 is 0 Å². The van der Waals surface area contributed by atoms with Crippen molar-refractivity contribution in [3.05, 3.63) is 0 Å². The van der Waals surface area contributed by atoms with Crippen molar-refractivity contribution in [1.29, 1.82) is 0 Å². The molecule has 0 heterocycles. The molecule has 1 aliphatic carbocycles. The standard InChI is InChI=1S/C9H18O2S/c1-3-4-5-6-9(7-8-9)12(2,10)11/h3-8H2,1-2H3. The van der Waals surface area contributed by atoms with Gasteiger partial charge in [-0.1, -0.05) is 26.2 Å². The molecular formula is C9H18O2S. The number of unbranched alkanes of at least 4 members (excludes halogenated alkanes) is 2. The van der Waals surface area contributed by atoms with Gasteiger partial charge in [-0.2, -0.15) is 0 Å². The van der Waals surface area contributed by atoms with E-state index in [0.717, 1.165) is 32.1 Å². The summed E-state index contributed by atoms with van der Waals surface area (Å²) in [4.78, 5) is 0. The molecule has 1 saturated carbocycles. The van der Waals surface area contributed by atoms with E-state index in [1.807, 2.05) is 0 Å². The summed E-state index contributed by atoms with van der Waals surface area (Å²) in [5.41, 5.74) is 0. The minimum absolute atomic E-state index is 0.290. The normalized spacial score (nSPS) is 20.8. The SMILES string of the molecule is CCCCCC1(S(C)(=O)=O)CC1. The van der Waals surface area contributed by atoms with Gasteiger partial charge in [-0.15, -0.1) is 0 Å². The summed E-state index contributed by atoms with van der Waals surface area (Å²) in [7, 11) is -2.77. The van der Waals surface area contributed by atoms with Crippen molar-refractivity contribution < 1.29 is 8.42 Å². The summed E-state index contributed by atoms with van der Waals surface area (Å²) in [6, 6.07) is 0. The quantitative estimate of drug-likeness (QED) is 0.622. The number of sulfone groups is 1. The van der Waals surface area contributed by atoms with Crippen molar-refractivity contribution >= 4 is 9.84 Å². The third-order valence-corrected chi connectivity index (χ3v) is 5.02. The highest BCUT2D eigenvalue weighted by atomic mass is 32.2. The number of hydrogen-bond donors (Lipinski definition) is 0. The van der Waals surface area contributed by atoms with Crippen LogP contribution in [0, 0.1) is 0 Å². The second-order valence-electron chi connectivity index (χ2n) is 3.91. The lowest BCUT2D eigenvalue weighted by atomic mass is 10.1. The van der Waals surface area contributed by atoms with Crippen molar-refractivity contribution in [2.24, 2.45) is 0 Å². The maximum atomic E-state index is 11.3. The molecule has 1 fully saturated rings. The minimum atomic E-state index is -2.77. The first kappa shape index (κ1) is 10.0. The molecule has 0 unspecified atom stereocenters. The second-order valence-corrected chi connectivity index (χ2v) is 6.32. The molecule has 0 radical (unpaired) electrons. The van der Waals surface area contributed by atoms with Gasteiger partial charge in [-0.3, -0.25) is 0 Å². The second kappa shape index (κ2) is 3.36. The van der Waals surface area contributed by atoms with Gasteiger partial charge in [0, 0.05) is 6.26 Å². The molecule has 3 heteroatoms. The summed E-state index contributed by atoms with van der Waals surface area (Å²) in [6.45, 7) is 2.14. The first-order chi connectivity index (χ1) is 5.52. The van der Waals surface area contributed by atoms with Crippen LogP contribution in [0.4, 0.5) is 0 Å². The first-order valence-electron chi connectivity index (χ1n) is 4.71. The van der Waals surface area contributed by atoms with E-state index in [-0.39, 0.29) is 4.75 Å². The smallest absolute Gasteiger partial charge is 0.153 e. The predicted octanol–water partition coefficient (Wildman–Crippen LogP) is 2.14. The topological polar surface area (TPSA) is 34.1 Å². The van der Waals surface area contributed by atoms with Crippen molar-refractivity contribution in [2.45, 2.75) is 50.2 Å². The number of hydrogen-bond acceptors (Lipinski definition) is 2. The van der Waals surface area contributed by atoms with Crippen LogP contribution >= 0.6 is 0 Å². The highest BCUT2D eigenvalue weighted by molar-refractivity contribution is 7.92. The van der Waals surface area contributed by atoms with Gasteiger partial charge >= 0.3 is 0 Å². The Morgan fingerprint density at radius 1 is 1.25 bits per heavy atom. The summed E-state index contributed by atoms with van der Waals surface area (Å²) in [5.74, 6) is 0. The van der Waals surface area contributed by atoms with Crippen LogP contribution in [0.2, 0.25) is 0 Å². The van der Waals surface area contributed by atoms with Crippen molar-refractivity contribution in [3.63, 3.8) is 0 Å². The lowest BCUT2D eigenvalue weighted by Crippen LogP contribution is -2.21. The highest BCUT2D eigenvalue weighted by Gasteiger charge is 2.50. The Balaban J connectivity index is 2.41. The van der Waals surface area contributed by atoms with E-state index in [4.69, 9.17) is 0 Å². The summed E-state index contributed by atoms with van der Waals surface area (Å²) < 4.78 is 22.3. The van der Waals surface area contributed by atoms with Gasteiger partial charge in [0.2, 0.25) is 0 Å². The van der Waals surface area contributed by atoms with E-state index in [9.17, 15) is 8.42 Å². The van der Waals surface area contributed by atoms with Crippen LogP contribution in [-0.4, -0.2) is 19.4 Å². The summed E-state index contributed by atoms with van der Waals surface area (Å²) in [6.07, 6.45) is 7.47. The van der Waals surface area contributed by atoms with Crippen LogP contribution in [-0.2, 0) is 9.84 Å². The Morgan fingerprint density at radius 2 is 1.83 bits per heavy atom. The Bertz CT molecular complexity index is 237. The molecule has 72 valence electrons. The molecule has 0 saturated heterocycles. The molecule has 0 aromatic rings. The van der Waals surface area contributed by atoms with E-state index < -0.39 is 9.84 Å². The zero-order chi connectivity index (χ0) is 9.24. The third-order valence-electron chi connectivity index (χ3n) is 2.83. The molecule has 0 bridgehead atoms. The van der Waals surface area contributed by atoms with E-state index in [0.29, 0.717) is 0 Å². The fraction of sp³-hybridized carbons (Fsp3) is 1.00. The highest BCUT2D eigenvalue weighted by Crippen LogP contribution is 2.47. The average molecular weight is 190 g/mol. The van der Waals surface area contributed by atoms with Crippen LogP contribution in [0.15, 0.2) is 0 Å². The maximum Gasteiger partial charge on any atom is 0.153 e. The zero-order valence-corrected chi connectivity index (χ0v) is 8.78. The lowest BCUT2D eigenvalue weighted by molar-refractivity contribution is 0.559. The Hall–Kier alpha value is -0.0500. The molecule has 0 aromatic heterocycles. The Kier molecular flexibility index (Phi) is 2.81. The first-order valence-corrected chi connectivity index (χ1v) is 6.60. The Labute approximate surface area is 75.3 Å². The van der Waals surface area contributed by atoms with Crippen molar-refractivity contribution in [3.8, 4) is 0 Å². The molecule has 0 atom stereocenters. The molecular weight excluding hydrogens is 172 g/mol. The van der Waals surface area contributed by atoms with Gasteiger partial charge in [-0.05, 0) is 19.3 Å². The molecule has 0 spiro atoms. The monoisotopic (exact) mass is 190 g/mol. The zero-order valence-electron chi connectivity index (χ0n) is 7.97. The van der Waals surface area contributed by atoms with Crippen LogP contribution in [0.1, 0.15) is 45.4 Å². The van der Waals surface area contributed by atoms with Gasteiger partial charge in [0.15, 0.2) is 9.84 Å². The predicted molar refractivity (Wildman–Crippen MR) is 51.0 cm³/mol. The van der Waals surface area contributed by atoms with Crippen LogP contribution in [0.5, 0.6) is 0 Å². The van der Waals surface area contributed by atoms with Crippen molar-refractivity contribution in [2.75, 3.05) is 6.26 Å². The molecule has 12 heavy (non-hydrogen) atoms. The molecule has 1 aliphatic rings. The molecule has 0 aromatic carbocycles. The molecule has 1 rings (SSSR count). The van der Waals surface area contributed by atoms with E-state index in [2.05, 4.69) is 6.92 Å². The van der Waals surface area contributed by atoms with Crippen LogP contribution in [0.3, 0.4) is 0 Å². The summed E-state index contributed by atoms with van der Waals surface area (Å²) >= 11 is 0. The molecule has 0 N–H and O–H groups in total. The molecule has 2 nitrogen and oxygen atoms in total. The van der Waals surface area contributed by atoms with Gasteiger partial charge < -0.3 is 0 Å². The minimum Gasteiger partial charge on any atom is -0.229 e. The number of rotatable bonds is 5. The van der Waals surface area contributed by atoms with Crippen molar-refractivity contribution in [1.82, 2.24) is 0 Å². The fourth-order valence-corrected chi connectivity index (χ4v) is 3.00.